The first kappa shape index (κ1) is 15.1. The second-order valence-corrected chi connectivity index (χ2v) is 8.01. The van der Waals surface area contributed by atoms with E-state index in [0.717, 1.165) is 35.7 Å². The van der Waals surface area contributed by atoms with Gasteiger partial charge in [-0.05, 0) is 35.6 Å². The molecule has 5 heterocycles. The minimum atomic E-state index is -0.0964. The lowest BCUT2D eigenvalue weighted by Crippen LogP contribution is -2.30. The normalized spacial score (nSPS) is 14.9. The number of aromatic nitrogens is 2. The van der Waals surface area contributed by atoms with Gasteiger partial charge < -0.3 is 9.40 Å². The quantitative estimate of drug-likeness (QED) is 0.596. The fraction of sp³-hybridized carbons (Fsp3) is 0.222. The maximum atomic E-state index is 12.6. The van der Waals surface area contributed by atoms with Crippen molar-refractivity contribution < 1.29 is 4.42 Å². The first-order chi connectivity index (χ1) is 12.3. The third-order valence-electron chi connectivity index (χ3n) is 4.54. The van der Waals surface area contributed by atoms with Crippen LogP contribution in [0, 0.1) is 0 Å². The first-order valence-corrected chi connectivity index (χ1v) is 9.86. The van der Waals surface area contributed by atoms with E-state index in [9.17, 15) is 4.79 Å². The Bertz CT molecular complexity index is 1090. The van der Waals surface area contributed by atoms with E-state index in [1.165, 1.54) is 21.8 Å². The largest absolute Gasteiger partial charge is 0.464 e. The van der Waals surface area contributed by atoms with Gasteiger partial charge in [0.25, 0.3) is 5.56 Å². The summed E-state index contributed by atoms with van der Waals surface area (Å²) in [4.78, 5) is 24.9. The third kappa shape index (κ3) is 2.64. The van der Waals surface area contributed by atoms with E-state index < -0.39 is 0 Å². The van der Waals surface area contributed by atoms with E-state index in [0.29, 0.717) is 17.7 Å². The number of nitrogens with one attached hydrogen (secondary N) is 1. The molecule has 1 N–H and O–H groups in total. The van der Waals surface area contributed by atoms with Gasteiger partial charge in [-0.2, -0.15) is 0 Å². The number of thiophene rings is 2. The minimum absolute atomic E-state index is 0.0964. The van der Waals surface area contributed by atoms with Crippen LogP contribution in [0.4, 0.5) is 0 Å². The molecular weight excluding hydrogens is 354 g/mol. The molecule has 0 aromatic carbocycles. The number of hydrogen-bond donors (Lipinski definition) is 1. The Morgan fingerprint density at radius 2 is 2.28 bits per heavy atom. The first-order valence-electron chi connectivity index (χ1n) is 8.10. The van der Waals surface area contributed by atoms with Crippen molar-refractivity contribution in [3.8, 4) is 11.3 Å². The summed E-state index contributed by atoms with van der Waals surface area (Å²) in [6.45, 7) is 2.58. The van der Waals surface area contributed by atoms with Crippen LogP contribution in [-0.4, -0.2) is 21.4 Å². The smallest absolute Gasteiger partial charge is 0.260 e. The van der Waals surface area contributed by atoms with Gasteiger partial charge in [-0.3, -0.25) is 9.69 Å². The zero-order valence-electron chi connectivity index (χ0n) is 13.3. The maximum Gasteiger partial charge on any atom is 0.260 e. The molecule has 5 rings (SSSR count). The van der Waals surface area contributed by atoms with Crippen LogP contribution in [0.1, 0.15) is 16.3 Å². The Kier molecular flexibility index (Phi) is 3.58. The molecule has 25 heavy (non-hydrogen) atoms. The molecule has 5 nitrogen and oxygen atoms in total. The Morgan fingerprint density at radius 1 is 1.32 bits per heavy atom. The zero-order valence-corrected chi connectivity index (χ0v) is 15.0. The van der Waals surface area contributed by atoms with Gasteiger partial charge in [0, 0.05) is 28.9 Å². The van der Waals surface area contributed by atoms with E-state index in [4.69, 9.17) is 4.42 Å². The zero-order chi connectivity index (χ0) is 16.8. The molecule has 0 unspecified atom stereocenters. The fourth-order valence-electron chi connectivity index (χ4n) is 3.34. The maximum absolute atomic E-state index is 12.6. The number of hydrogen-bond acceptors (Lipinski definition) is 6. The molecule has 4 aromatic rings. The molecule has 4 aromatic heterocycles. The molecule has 0 aliphatic carbocycles. The molecule has 126 valence electrons. The van der Waals surface area contributed by atoms with Crippen molar-refractivity contribution in [2.75, 3.05) is 6.54 Å². The van der Waals surface area contributed by atoms with Crippen molar-refractivity contribution in [3.63, 3.8) is 0 Å². The lowest BCUT2D eigenvalue weighted by atomic mass is 10.1. The summed E-state index contributed by atoms with van der Waals surface area (Å²) >= 11 is 3.32. The van der Waals surface area contributed by atoms with Crippen molar-refractivity contribution in [1.82, 2.24) is 14.9 Å². The van der Waals surface area contributed by atoms with Gasteiger partial charge in [0.1, 0.15) is 16.4 Å². The molecule has 1 aliphatic rings. The van der Waals surface area contributed by atoms with E-state index in [1.807, 2.05) is 28.8 Å². The highest BCUT2D eigenvalue weighted by atomic mass is 32.1. The van der Waals surface area contributed by atoms with Crippen LogP contribution in [0.25, 0.3) is 21.5 Å². The second kappa shape index (κ2) is 5.94. The molecule has 0 spiro atoms. The van der Waals surface area contributed by atoms with Crippen molar-refractivity contribution in [2.24, 2.45) is 0 Å². The second-order valence-electron chi connectivity index (χ2n) is 6.15. The average Bonchev–Trinajstić information content (AvgIpc) is 3.34. The standard InChI is InChI=1S/C18H15N3O2S2/c22-17-16-12(13-2-1-6-23-13)10-25-18(16)20-15(19-17)9-21-5-3-14-11(8-21)4-7-24-14/h1-2,4,6-7,10H,3,5,8-9H2,(H,19,20,22). The molecule has 0 saturated heterocycles. The predicted octanol–water partition coefficient (Wildman–Crippen LogP) is 3.86. The topological polar surface area (TPSA) is 62.1 Å². The van der Waals surface area contributed by atoms with Gasteiger partial charge in [0.2, 0.25) is 0 Å². The lowest BCUT2D eigenvalue weighted by Gasteiger charge is -2.26. The van der Waals surface area contributed by atoms with Crippen LogP contribution >= 0.6 is 22.7 Å². The van der Waals surface area contributed by atoms with Gasteiger partial charge >= 0.3 is 0 Å². The molecule has 0 amide bonds. The van der Waals surface area contributed by atoms with Crippen molar-refractivity contribution in [2.45, 2.75) is 19.5 Å². The number of nitrogens with zero attached hydrogens (tertiary/aromatic N) is 2. The average molecular weight is 369 g/mol. The van der Waals surface area contributed by atoms with E-state index >= 15 is 0 Å². The predicted molar refractivity (Wildman–Crippen MR) is 100 cm³/mol. The Balaban J connectivity index is 1.47. The Labute approximate surface area is 151 Å². The van der Waals surface area contributed by atoms with Crippen LogP contribution in [0.5, 0.6) is 0 Å². The summed E-state index contributed by atoms with van der Waals surface area (Å²) < 4.78 is 5.44. The van der Waals surface area contributed by atoms with Gasteiger partial charge in [-0.15, -0.1) is 22.7 Å². The summed E-state index contributed by atoms with van der Waals surface area (Å²) in [6.07, 6.45) is 2.69. The number of aromatic amines is 1. The van der Waals surface area contributed by atoms with Gasteiger partial charge in [0.15, 0.2) is 0 Å². The molecule has 1 aliphatic heterocycles. The van der Waals surface area contributed by atoms with Gasteiger partial charge in [-0.25, -0.2) is 4.98 Å². The number of H-pyrrole nitrogens is 1. The summed E-state index contributed by atoms with van der Waals surface area (Å²) in [5.74, 6) is 1.43. The monoisotopic (exact) mass is 369 g/mol. The summed E-state index contributed by atoms with van der Waals surface area (Å²) in [7, 11) is 0. The minimum Gasteiger partial charge on any atom is -0.464 e. The highest BCUT2D eigenvalue weighted by Crippen LogP contribution is 2.31. The molecule has 0 radical (unpaired) electrons. The summed E-state index contributed by atoms with van der Waals surface area (Å²) in [5, 5.41) is 4.71. The fourth-order valence-corrected chi connectivity index (χ4v) is 5.17. The molecule has 0 bridgehead atoms. The van der Waals surface area contributed by atoms with Gasteiger partial charge in [0.05, 0.1) is 18.2 Å². The molecule has 0 atom stereocenters. The highest BCUT2D eigenvalue weighted by Gasteiger charge is 2.19. The molecule has 0 fully saturated rings. The van der Waals surface area contributed by atoms with Crippen LogP contribution < -0.4 is 5.56 Å². The van der Waals surface area contributed by atoms with Crippen LogP contribution in [0.15, 0.2) is 44.4 Å². The van der Waals surface area contributed by atoms with Gasteiger partial charge in [-0.1, -0.05) is 0 Å². The Morgan fingerprint density at radius 3 is 3.16 bits per heavy atom. The number of fused-ring (bicyclic) bond motifs is 2. The summed E-state index contributed by atoms with van der Waals surface area (Å²) in [6, 6.07) is 5.88. The van der Waals surface area contributed by atoms with Crippen molar-refractivity contribution >= 4 is 32.9 Å². The van der Waals surface area contributed by atoms with Crippen LogP contribution in [-0.2, 0) is 19.5 Å². The van der Waals surface area contributed by atoms with E-state index in [1.54, 1.807) is 6.26 Å². The lowest BCUT2D eigenvalue weighted by molar-refractivity contribution is 0.241. The number of furan rings is 1. The third-order valence-corrected chi connectivity index (χ3v) is 6.43. The van der Waals surface area contributed by atoms with Crippen molar-refractivity contribution in [1.29, 1.82) is 0 Å². The van der Waals surface area contributed by atoms with Crippen molar-refractivity contribution in [3.05, 3.63) is 61.8 Å². The van der Waals surface area contributed by atoms with Crippen LogP contribution in [0.3, 0.4) is 0 Å². The Hall–Kier alpha value is -2.22. The molecule has 0 saturated carbocycles. The summed E-state index contributed by atoms with van der Waals surface area (Å²) in [5.41, 5.74) is 2.11. The SMILES string of the molecule is O=c1[nH]c(CN2CCc3sccc3C2)nc2scc(-c3ccco3)c12. The molecular formula is C18H15N3O2S2. The highest BCUT2D eigenvalue weighted by molar-refractivity contribution is 7.17. The van der Waals surface area contributed by atoms with Crippen LogP contribution in [0.2, 0.25) is 0 Å². The number of rotatable bonds is 3. The van der Waals surface area contributed by atoms with E-state index in [-0.39, 0.29) is 5.56 Å². The molecule has 7 heteroatoms. The van der Waals surface area contributed by atoms with E-state index in [2.05, 4.69) is 26.3 Å².